The zero-order chi connectivity index (χ0) is 10.7. The van der Waals surface area contributed by atoms with Crippen LogP contribution in [0.15, 0.2) is 12.1 Å². The van der Waals surface area contributed by atoms with E-state index in [1.54, 1.807) is 5.30 Å². The second-order valence-electron chi connectivity index (χ2n) is 3.90. The van der Waals surface area contributed by atoms with Gasteiger partial charge in [-0.25, -0.2) is 0 Å². The number of aryl methyl sites for hydroxylation is 3. The van der Waals surface area contributed by atoms with Gasteiger partial charge < -0.3 is 0 Å². The first-order valence-electron chi connectivity index (χ1n) is 5.42. The lowest BCUT2D eigenvalue weighted by molar-refractivity contribution is 1.31. The van der Waals surface area contributed by atoms with Gasteiger partial charge >= 0.3 is 0 Å². The van der Waals surface area contributed by atoms with E-state index in [0.29, 0.717) is 0 Å². The van der Waals surface area contributed by atoms with Gasteiger partial charge in [-0.3, -0.25) is 0 Å². The maximum atomic E-state index is 2.41. The van der Waals surface area contributed by atoms with Crippen LogP contribution in [-0.2, 0) is 0 Å². The summed E-state index contributed by atoms with van der Waals surface area (Å²) in [4.78, 5) is 0. The highest BCUT2D eigenvalue weighted by molar-refractivity contribution is 7.65. The van der Waals surface area contributed by atoms with Gasteiger partial charge in [0.25, 0.3) is 0 Å². The Balaban J connectivity index is 3.14. The highest BCUT2D eigenvalue weighted by atomic mass is 31.1. The zero-order valence-electron chi connectivity index (χ0n) is 10.0. The molecular weight excluding hydrogens is 187 g/mol. The van der Waals surface area contributed by atoms with Crippen molar-refractivity contribution in [1.29, 1.82) is 0 Å². The summed E-state index contributed by atoms with van der Waals surface area (Å²) in [5, 5.41) is 1.62. The molecule has 0 radical (unpaired) electrons. The van der Waals surface area contributed by atoms with Crippen LogP contribution in [0.1, 0.15) is 30.5 Å². The lowest BCUT2D eigenvalue weighted by Gasteiger charge is -2.18. The number of hydrogen-bond acceptors (Lipinski definition) is 0. The molecule has 0 unspecified atom stereocenters. The SMILES string of the molecule is CCP(CC)c1cc(C)c(C)cc1C. The van der Waals surface area contributed by atoms with Crippen LogP contribution < -0.4 is 5.30 Å². The van der Waals surface area contributed by atoms with Gasteiger partial charge in [-0.1, -0.05) is 33.9 Å². The highest BCUT2D eigenvalue weighted by Gasteiger charge is 2.10. The molecular formula is C13H21P. The Kier molecular flexibility index (Phi) is 4.13. The van der Waals surface area contributed by atoms with Crippen molar-refractivity contribution in [2.24, 2.45) is 0 Å². The minimum atomic E-state index is 0.0992. The lowest BCUT2D eigenvalue weighted by Crippen LogP contribution is -2.09. The monoisotopic (exact) mass is 208 g/mol. The third-order valence-electron chi connectivity index (χ3n) is 2.92. The standard InChI is InChI=1S/C13H21P/c1-6-14(7-2)13-9-11(4)10(3)8-12(13)5/h8-9H,6-7H2,1-5H3. The minimum absolute atomic E-state index is 0.0992. The van der Waals surface area contributed by atoms with Gasteiger partial charge in [0, 0.05) is 0 Å². The first-order valence-corrected chi connectivity index (χ1v) is 7.14. The second-order valence-corrected chi connectivity index (χ2v) is 6.72. The van der Waals surface area contributed by atoms with E-state index in [1.807, 2.05) is 0 Å². The van der Waals surface area contributed by atoms with E-state index in [0.717, 1.165) is 0 Å². The van der Waals surface area contributed by atoms with Gasteiger partial charge in [-0.05, 0) is 55.1 Å². The van der Waals surface area contributed by atoms with Crippen molar-refractivity contribution in [2.45, 2.75) is 34.6 Å². The van der Waals surface area contributed by atoms with E-state index in [1.165, 1.54) is 29.0 Å². The number of benzene rings is 1. The third-order valence-corrected chi connectivity index (χ3v) is 5.61. The van der Waals surface area contributed by atoms with Crippen LogP contribution in [0, 0.1) is 20.8 Å². The molecule has 0 saturated carbocycles. The molecule has 0 saturated heterocycles. The van der Waals surface area contributed by atoms with E-state index >= 15 is 0 Å². The average Bonchev–Trinajstić information content (AvgIpc) is 2.15. The molecule has 0 aromatic heterocycles. The van der Waals surface area contributed by atoms with Crippen LogP contribution in [0.4, 0.5) is 0 Å². The van der Waals surface area contributed by atoms with E-state index in [-0.39, 0.29) is 7.92 Å². The Morgan fingerprint density at radius 3 is 1.86 bits per heavy atom. The first-order chi connectivity index (χ1) is 6.60. The van der Waals surface area contributed by atoms with E-state index in [9.17, 15) is 0 Å². The molecule has 0 fully saturated rings. The fourth-order valence-electron chi connectivity index (χ4n) is 1.85. The third kappa shape index (κ3) is 2.36. The Hall–Kier alpha value is -0.350. The molecule has 1 rings (SSSR count). The summed E-state index contributed by atoms with van der Waals surface area (Å²) < 4.78 is 0. The molecule has 0 nitrogen and oxygen atoms in total. The molecule has 0 aliphatic rings. The molecule has 78 valence electrons. The van der Waals surface area contributed by atoms with Crippen LogP contribution in [0.5, 0.6) is 0 Å². The summed E-state index contributed by atoms with van der Waals surface area (Å²) >= 11 is 0. The van der Waals surface area contributed by atoms with E-state index in [2.05, 4.69) is 46.8 Å². The van der Waals surface area contributed by atoms with Crippen LogP contribution in [0.2, 0.25) is 0 Å². The molecule has 0 atom stereocenters. The average molecular weight is 208 g/mol. The molecule has 1 aromatic carbocycles. The maximum Gasteiger partial charge on any atom is -0.0209 e. The predicted molar refractivity (Wildman–Crippen MR) is 68.3 cm³/mol. The molecule has 0 aliphatic heterocycles. The number of hydrogen-bond donors (Lipinski definition) is 0. The van der Waals surface area contributed by atoms with Gasteiger partial charge in [-0.15, -0.1) is 0 Å². The summed E-state index contributed by atoms with van der Waals surface area (Å²) in [6, 6.07) is 4.74. The summed E-state index contributed by atoms with van der Waals surface area (Å²) in [7, 11) is 0.0992. The van der Waals surface area contributed by atoms with Gasteiger partial charge in [-0.2, -0.15) is 0 Å². The maximum absolute atomic E-state index is 2.41. The summed E-state index contributed by atoms with van der Waals surface area (Å²) in [6.07, 6.45) is 2.63. The van der Waals surface area contributed by atoms with Crippen molar-refractivity contribution in [3.63, 3.8) is 0 Å². The van der Waals surface area contributed by atoms with Crippen molar-refractivity contribution in [3.8, 4) is 0 Å². The Labute approximate surface area is 89.5 Å². The fraction of sp³-hybridized carbons (Fsp3) is 0.538. The quantitative estimate of drug-likeness (QED) is 0.663. The molecule has 14 heavy (non-hydrogen) atoms. The molecule has 0 N–H and O–H groups in total. The van der Waals surface area contributed by atoms with Crippen molar-refractivity contribution in [1.82, 2.24) is 0 Å². The van der Waals surface area contributed by atoms with Crippen LogP contribution in [0.3, 0.4) is 0 Å². The summed E-state index contributed by atoms with van der Waals surface area (Å²) in [6.45, 7) is 11.3. The predicted octanol–water partition coefficient (Wildman–Crippen LogP) is 3.76. The molecule has 0 aliphatic carbocycles. The van der Waals surface area contributed by atoms with Gasteiger partial charge in [0.1, 0.15) is 0 Å². The summed E-state index contributed by atoms with van der Waals surface area (Å²) in [5.74, 6) is 0. The number of rotatable bonds is 3. The molecule has 0 spiro atoms. The van der Waals surface area contributed by atoms with Crippen molar-refractivity contribution in [2.75, 3.05) is 12.3 Å². The smallest absolute Gasteiger partial charge is 0.0209 e. The van der Waals surface area contributed by atoms with E-state index < -0.39 is 0 Å². The Bertz CT molecular complexity index is 311. The van der Waals surface area contributed by atoms with Crippen LogP contribution in [0.25, 0.3) is 0 Å². The minimum Gasteiger partial charge on any atom is -0.0756 e. The topological polar surface area (TPSA) is 0 Å². The molecule has 1 aromatic rings. The zero-order valence-corrected chi connectivity index (χ0v) is 10.9. The van der Waals surface area contributed by atoms with E-state index in [4.69, 9.17) is 0 Å². The largest absolute Gasteiger partial charge is 0.0756 e. The van der Waals surface area contributed by atoms with Gasteiger partial charge in [0.15, 0.2) is 0 Å². The van der Waals surface area contributed by atoms with Crippen molar-refractivity contribution < 1.29 is 0 Å². The normalized spacial score (nSPS) is 11.0. The van der Waals surface area contributed by atoms with Crippen LogP contribution >= 0.6 is 7.92 Å². The fourth-order valence-corrected chi connectivity index (χ4v) is 3.92. The van der Waals surface area contributed by atoms with Gasteiger partial charge in [0.05, 0.1) is 0 Å². The van der Waals surface area contributed by atoms with Crippen molar-refractivity contribution in [3.05, 3.63) is 28.8 Å². The Morgan fingerprint density at radius 1 is 0.857 bits per heavy atom. The molecule has 0 bridgehead atoms. The molecule has 0 heterocycles. The van der Waals surface area contributed by atoms with Gasteiger partial charge in [0.2, 0.25) is 0 Å². The first kappa shape index (κ1) is 11.7. The Morgan fingerprint density at radius 2 is 1.36 bits per heavy atom. The van der Waals surface area contributed by atoms with Crippen molar-refractivity contribution >= 4 is 13.2 Å². The van der Waals surface area contributed by atoms with Crippen LogP contribution in [-0.4, -0.2) is 12.3 Å². The molecule has 0 amide bonds. The second kappa shape index (κ2) is 4.94. The highest BCUT2D eigenvalue weighted by Crippen LogP contribution is 2.34. The molecule has 1 heteroatoms. The lowest BCUT2D eigenvalue weighted by atomic mass is 10.1. The summed E-state index contributed by atoms with van der Waals surface area (Å²) in [5.41, 5.74) is 4.36.